The molecule has 0 aromatic heterocycles. The molecule has 2 saturated heterocycles. The molecule has 178 valence electrons. The van der Waals surface area contributed by atoms with Crippen LogP contribution in [0, 0.1) is 32.5 Å². The largest absolute Gasteiger partial charge is 0.366 e. The molecular weight excluding hydrogens is 441 g/mol. The molecule has 0 N–H and O–H groups in total. The third kappa shape index (κ3) is 4.77. The molecule has 2 aromatic carbocycles. The van der Waals surface area contributed by atoms with Gasteiger partial charge in [-0.15, -0.1) is 0 Å². The summed E-state index contributed by atoms with van der Waals surface area (Å²) in [5.74, 6) is -0.605. The first-order valence-electron chi connectivity index (χ1n) is 11.5. The zero-order valence-electron chi connectivity index (χ0n) is 19.6. The first-order valence-corrected chi connectivity index (χ1v) is 13.0. The molecule has 6 nitrogen and oxygen atoms in total. The van der Waals surface area contributed by atoms with Gasteiger partial charge >= 0.3 is 0 Å². The van der Waals surface area contributed by atoms with Crippen molar-refractivity contribution in [3.63, 3.8) is 0 Å². The zero-order chi connectivity index (χ0) is 23.8. The summed E-state index contributed by atoms with van der Waals surface area (Å²) >= 11 is 0. The molecule has 2 fully saturated rings. The molecule has 0 radical (unpaired) electrons. The number of aryl methyl sites for hydroxylation is 3. The van der Waals surface area contributed by atoms with Crippen LogP contribution in [0.5, 0.6) is 0 Å². The van der Waals surface area contributed by atoms with Gasteiger partial charge in [-0.25, -0.2) is 12.8 Å². The van der Waals surface area contributed by atoms with Gasteiger partial charge in [0.25, 0.3) is 0 Å². The summed E-state index contributed by atoms with van der Waals surface area (Å²) in [4.78, 5) is 17.4. The number of carbonyl (C=O) groups excluding carboxylic acids is 1. The summed E-state index contributed by atoms with van der Waals surface area (Å²) in [7, 11) is -3.67. The number of amides is 1. The highest BCUT2D eigenvalue weighted by molar-refractivity contribution is 7.89. The zero-order valence-corrected chi connectivity index (χ0v) is 20.4. The fourth-order valence-corrected chi connectivity index (χ4v) is 7.13. The predicted molar refractivity (Wildman–Crippen MR) is 127 cm³/mol. The van der Waals surface area contributed by atoms with E-state index >= 15 is 0 Å². The predicted octanol–water partition coefficient (Wildman–Crippen LogP) is 3.50. The molecule has 4 rings (SSSR count). The lowest BCUT2D eigenvalue weighted by Crippen LogP contribution is -2.53. The van der Waals surface area contributed by atoms with Crippen LogP contribution in [0.4, 0.5) is 10.1 Å². The Morgan fingerprint density at radius 3 is 2.24 bits per heavy atom. The van der Waals surface area contributed by atoms with Crippen LogP contribution in [0.2, 0.25) is 0 Å². The van der Waals surface area contributed by atoms with E-state index in [1.54, 1.807) is 17.0 Å². The maximum atomic E-state index is 14.1. The summed E-state index contributed by atoms with van der Waals surface area (Å²) in [6.07, 6.45) is 1.35. The average Bonchev–Trinajstić information content (AvgIpc) is 2.78. The topological polar surface area (TPSA) is 60.9 Å². The Bertz CT molecular complexity index is 1120. The summed E-state index contributed by atoms with van der Waals surface area (Å²) < 4.78 is 42.5. The Morgan fingerprint density at radius 2 is 1.61 bits per heavy atom. The van der Waals surface area contributed by atoms with Gasteiger partial charge in [0.05, 0.1) is 16.5 Å². The van der Waals surface area contributed by atoms with E-state index in [2.05, 4.69) is 0 Å². The lowest BCUT2D eigenvalue weighted by atomic mass is 9.97. The maximum absolute atomic E-state index is 14.1. The van der Waals surface area contributed by atoms with Crippen molar-refractivity contribution in [1.82, 2.24) is 9.21 Å². The second-order valence-electron chi connectivity index (χ2n) is 9.19. The number of piperidine rings is 1. The van der Waals surface area contributed by atoms with Crippen molar-refractivity contribution in [2.24, 2.45) is 5.92 Å². The van der Waals surface area contributed by atoms with Crippen molar-refractivity contribution in [1.29, 1.82) is 0 Å². The fourth-order valence-electron chi connectivity index (χ4n) is 5.20. The number of para-hydroxylation sites is 1. The highest BCUT2D eigenvalue weighted by Crippen LogP contribution is 2.30. The molecule has 0 bridgehead atoms. The molecule has 0 unspecified atom stereocenters. The number of halogens is 1. The van der Waals surface area contributed by atoms with Gasteiger partial charge in [-0.1, -0.05) is 29.8 Å². The van der Waals surface area contributed by atoms with Crippen LogP contribution in [0.3, 0.4) is 0 Å². The van der Waals surface area contributed by atoms with Gasteiger partial charge in [-0.05, 0) is 56.9 Å². The molecule has 2 aromatic rings. The number of anilines is 1. The minimum absolute atomic E-state index is 0.000401. The first-order chi connectivity index (χ1) is 15.7. The van der Waals surface area contributed by atoms with Crippen LogP contribution in [0.1, 0.15) is 29.5 Å². The van der Waals surface area contributed by atoms with Gasteiger partial charge in [0.1, 0.15) is 5.82 Å². The van der Waals surface area contributed by atoms with Crippen molar-refractivity contribution < 1.29 is 17.6 Å². The molecule has 2 heterocycles. The number of hydrogen-bond donors (Lipinski definition) is 0. The quantitative estimate of drug-likeness (QED) is 0.682. The fraction of sp³-hybridized carbons (Fsp3) is 0.480. The molecule has 0 aliphatic carbocycles. The summed E-state index contributed by atoms with van der Waals surface area (Å²) in [5, 5.41) is 0. The SMILES string of the molecule is Cc1cc(C)c(S(=O)(=O)N2CCC[C@@H](C(=O)N3CCN(c4ccccc4F)CC3)C2)c(C)c1. The van der Waals surface area contributed by atoms with Crippen LogP contribution in [0.15, 0.2) is 41.3 Å². The second-order valence-corrected chi connectivity index (χ2v) is 11.1. The van der Waals surface area contributed by atoms with Crippen LogP contribution in [-0.4, -0.2) is 62.8 Å². The molecule has 1 atom stereocenters. The monoisotopic (exact) mass is 473 g/mol. The van der Waals surface area contributed by atoms with Gasteiger partial charge in [-0.3, -0.25) is 4.79 Å². The highest BCUT2D eigenvalue weighted by Gasteiger charge is 2.37. The molecule has 2 aliphatic rings. The third-order valence-corrected chi connectivity index (χ3v) is 8.89. The number of piperazine rings is 1. The Kier molecular flexibility index (Phi) is 6.77. The van der Waals surface area contributed by atoms with Crippen molar-refractivity contribution in [2.45, 2.75) is 38.5 Å². The Balaban J connectivity index is 1.44. The lowest BCUT2D eigenvalue weighted by molar-refractivity contribution is -0.137. The van der Waals surface area contributed by atoms with E-state index in [1.807, 2.05) is 43.9 Å². The maximum Gasteiger partial charge on any atom is 0.243 e. The van der Waals surface area contributed by atoms with Crippen molar-refractivity contribution in [2.75, 3.05) is 44.2 Å². The molecule has 8 heteroatoms. The van der Waals surface area contributed by atoms with Crippen LogP contribution >= 0.6 is 0 Å². The minimum atomic E-state index is -3.67. The molecule has 2 aliphatic heterocycles. The van der Waals surface area contributed by atoms with Crippen molar-refractivity contribution in [3.8, 4) is 0 Å². The Hall–Kier alpha value is -2.45. The first kappa shape index (κ1) is 23.7. The molecular formula is C25H32FN3O3S. The average molecular weight is 474 g/mol. The number of sulfonamides is 1. The number of rotatable bonds is 4. The van der Waals surface area contributed by atoms with E-state index in [-0.39, 0.29) is 24.2 Å². The van der Waals surface area contributed by atoms with Gasteiger partial charge in [0.15, 0.2) is 0 Å². The summed E-state index contributed by atoms with van der Waals surface area (Å²) in [6, 6.07) is 10.5. The second kappa shape index (κ2) is 9.43. The molecule has 1 amide bonds. The number of carbonyl (C=O) groups is 1. The smallest absolute Gasteiger partial charge is 0.243 e. The van der Waals surface area contributed by atoms with E-state index in [0.717, 1.165) is 16.7 Å². The van der Waals surface area contributed by atoms with Crippen LogP contribution in [0.25, 0.3) is 0 Å². The number of nitrogens with zero attached hydrogens (tertiary/aromatic N) is 3. The van der Waals surface area contributed by atoms with E-state index in [4.69, 9.17) is 0 Å². The Labute approximate surface area is 196 Å². The number of hydrogen-bond acceptors (Lipinski definition) is 4. The van der Waals surface area contributed by atoms with Gasteiger partial charge < -0.3 is 9.80 Å². The minimum Gasteiger partial charge on any atom is -0.366 e. The summed E-state index contributed by atoms with van der Waals surface area (Å²) in [6.45, 7) is 8.38. The van der Waals surface area contributed by atoms with Crippen molar-refractivity contribution in [3.05, 3.63) is 58.9 Å². The number of benzene rings is 2. The lowest BCUT2D eigenvalue weighted by Gasteiger charge is -2.39. The normalized spacial score (nSPS) is 20.2. The highest BCUT2D eigenvalue weighted by atomic mass is 32.2. The van der Waals surface area contributed by atoms with Gasteiger partial charge in [0, 0.05) is 39.3 Å². The van der Waals surface area contributed by atoms with Gasteiger partial charge in [0.2, 0.25) is 15.9 Å². The van der Waals surface area contributed by atoms with E-state index in [0.29, 0.717) is 56.1 Å². The Morgan fingerprint density at radius 1 is 0.970 bits per heavy atom. The van der Waals surface area contributed by atoms with Crippen molar-refractivity contribution >= 4 is 21.6 Å². The molecule has 0 saturated carbocycles. The van der Waals surface area contributed by atoms with E-state index in [1.165, 1.54) is 10.4 Å². The molecule has 33 heavy (non-hydrogen) atoms. The van der Waals surface area contributed by atoms with E-state index < -0.39 is 10.0 Å². The van der Waals surface area contributed by atoms with E-state index in [9.17, 15) is 17.6 Å². The summed E-state index contributed by atoms with van der Waals surface area (Å²) in [5.41, 5.74) is 3.07. The standard InChI is InChI=1S/C25H32FN3O3S/c1-18-15-19(2)24(20(3)16-18)33(31,32)29-10-6-7-21(17-29)25(30)28-13-11-27(12-14-28)23-9-5-4-8-22(23)26/h4-5,8-9,15-16,21H,6-7,10-14,17H2,1-3H3/t21-/m1/s1. The third-order valence-electron chi connectivity index (χ3n) is 6.72. The van der Waals surface area contributed by atoms with Crippen LogP contribution in [-0.2, 0) is 14.8 Å². The van der Waals surface area contributed by atoms with Crippen LogP contribution < -0.4 is 4.90 Å². The molecule has 0 spiro atoms. The van der Waals surface area contributed by atoms with Gasteiger partial charge in [-0.2, -0.15) is 4.31 Å².